The molecule has 25 heavy (non-hydrogen) atoms. The van der Waals surface area contributed by atoms with Gasteiger partial charge in [0.2, 0.25) is 5.91 Å². The number of aliphatic hydroxyl groups is 1. The number of ketones is 1. The third-order valence-electron chi connectivity index (χ3n) is 4.22. The quantitative estimate of drug-likeness (QED) is 0.274. The summed E-state index contributed by atoms with van der Waals surface area (Å²) in [6, 6.07) is -1.14. The number of carbonyl (C=O) groups is 3. The lowest BCUT2D eigenvalue weighted by molar-refractivity contribution is -0.143. The maximum Gasteiger partial charge on any atom is 0.326 e. The number of carboxylic acid groups (broad SMARTS) is 1. The standard InChI is InChI=1S/C19H35NO5/c1-2-3-4-5-6-7-8-9-10-11-12-16(22)15-18(23)20-17(13-14-21)19(24)25/h17,21H,2-15H2,1H3,(H,20,23)(H,24,25)/t17-/m0/s1. The molecule has 0 aliphatic carbocycles. The molecule has 0 saturated heterocycles. The van der Waals surface area contributed by atoms with Gasteiger partial charge >= 0.3 is 5.97 Å². The normalized spacial score (nSPS) is 11.9. The van der Waals surface area contributed by atoms with Gasteiger partial charge in [0.25, 0.3) is 0 Å². The molecule has 0 aromatic carbocycles. The summed E-state index contributed by atoms with van der Waals surface area (Å²) < 4.78 is 0. The van der Waals surface area contributed by atoms with Gasteiger partial charge in [-0.1, -0.05) is 64.7 Å². The van der Waals surface area contributed by atoms with Gasteiger partial charge in [0.15, 0.2) is 0 Å². The van der Waals surface area contributed by atoms with Crippen molar-refractivity contribution >= 4 is 17.7 Å². The van der Waals surface area contributed by atoms with E-state index in [1.54, 1.807) is 0 Å². The summed E-state index contributed by atoms with van der Waals surface area (Å²) in [7, 11) is 0. The summed E-state index contributed by atoms with van der Waals surface area (Å²) >= 11 is 0. The van der Waals surface area contributed by atoms with Crippen molar-refractivity contribution in [3.8, 4) is 0 Å². The van der Waals surface area contributed by atoms with E-state index in [1.807, 2.05) is 0 Å². The first kappa shape index (κ1) is 23.6. The summed E-state index contributed by atoms with van der Waals surface area (Å²) in [4.78, 5) is 34.3. The minimum absolute atomic E-state index is 0.0618. The zero-order valence-electron chi connectivity index (χ0n) is 15.6. The maximum atomic E-state index is 11.7. The van der Waals surface area contributed by atoms with Crippen LogP contribution in [-0.4, -0.2) is 40.5 Å². The lowest BCUT2D eigenvalue weighted by Gasteiger charge is -2.12. The molecule has 0 heterocycles. The van der Waals surface area contributed by atoms with Gasteiger partial charge in [-0.2, -0.15) is 0 Å². The van der Waals surface area contributed by atoms with Gasteiger partial charge in [0.05, 0.1) is 6.42 Å². The van der Waals surface area contributed by atoms with Gasteiger partial charge in [-0.25, -0.2) is 4.79 Å². The third-order valence-corrected chi connectivity index (χ3v) is 4.22. The van der Waals surface area contributed by atoms with Crippen molar-refractivity contribution in [2.45, 2.75) is 96.4 Å². The fraction of sp³-hybridized carbons (Fsp3) is 0.842. The molecule has 0 aromatic heterocycles. The van der Waals surface area contributed by atoms with E-state index in [2.05, 4.69) is 12.2 Å². The van der Waals surface area contributed by atoms with Crippen LogP contribution in [0.4, 0.5) is 0 Å². The minimum atomic E-state index is -1.20. The summed E-state index contributed by atoms with van der Waals surface area (Å²) in [6.45, 7) is 1.88. The Balaban J connectivity index is 3.63. The number of aliphatic hydroxyl groups excluding tert-OH is 1. The highest BCUT2D eigenvalue weighted by atomic mass is 16.4. The molecule has 0 aromatic rings. The molecule has 1 amide bonds. The van der Waals surface area contributed by atoms with Crippen molar-refractivity contribution in [1.82, 2.24) is 5.32 Å². The molecule has 6 heteroatoms. The van der Waals surface area contributed by atoms with E-state index in [-0.39, 0.29) is 25.2 Å². The fourth-order valence-electron chi connectivity index (χ4n) is 2.71. The summed E-state index contributed by atoms with van der Waals surface area (Å²) in [5.74, 6) is -1.95. The number of unbranched alkanes of at least 4 members (excludes halogenated alkanes) is 9. The second-order valence-corrected chi connectivity index (χ2v) is 6.62. The molecule has 0 fully saturated rings. The molecule has 0 aliphatic heterocycles. The first-order valence-electron chi connectivity index (χ1n) is 9.66. The average Bonchev–Trinajstić information content (AvgIpc) is 2.56. The van der Waals surface area contributed by atoms with E-state index in [9.17, 15) is 14.4 Å². The summed E-state index contributed by atoms with van der Waals surface area (Å²) in [5.41, 5.74) is 0. The molecule has 146 valence electrons. The number of hydrogen-bond acceptors (Lipinski definition) is 4. The van der Waals surface area contributed by atoms with Crippen molar-refractivity contribution in [3.05, 3.63) is 0 Å². The molecule has 0 bridgehead atoms. The Labute approximate surface area is 151 Å². The zero-order valence-corrected chi connectivity index (χ0v) is 15.6. The van der Waals surface area contributed by atoms with Crippen molar-refractivity contribution in [2.24, 2.45) is 0 Å². The second-order valence-electron chi connectivity index (χ2n) is 6.62. The predicted molar refractivity (Wildman–Crippen MR) is 97.4 cm³/mol. The highest BCUT2D eigenvalue weighted by Gasteiger charge is 2.20. The molecule has 0 spiro atoms. The minimum Gasteiger partial charge on any atom is -0.480 e. The van der Waals surface area contributed by atoms with Gasteiger partial charge in [-0.15, -0.1) is 0 Å². The van der Waals surface area contributed by atoms with E-state index < -0.39 is 17.9 Å². The molecule has 0 saturated carbocycles. The number of hydrogen-bond donors (Lipinski definition) is 3. The van der Waals surface area contributed by atoms with Crippen molar-refractivity contribution < 1.29 is 24.6 Å². The Bertz CT molecular complexity index is 384. The average molecular weight is 357 g/mol. The van der Waals surface area contributed by atoms with Crippen LogP contribution in [0.25, 0.3) is 0 Å². The van der Waals surface area contributed by atoms with Crippen LogP contribution in [0.1, 0.15) is 90.4 Å². The van der Waals surface area contributed by atoms with Crippen LogP contribution in [-0.2, 0) is 14.4 Å². The number of carboxylic acids is 1. The topological polar surface area (TPSA) is 104 Å². The Kier molecular flexibility index (Phi) is 15.1. The number of aliphatic carboxylic acids is 1. The fourth-order valence-corrected chi connectivity index (χ4v) is 2.71. The Morgan fingerprint density at radius 3 is 1.88 bits per heavy atom. The molecule has 0 unspecified atom stereocenters. The number of carbonyl (C=O) groups excluding carboxylic acids is 2. The van der Waals surface area contributed by atoms with Gasteiger partial charge in [-0.05, 0) is 6.42 Å². The number of Topliss-reactive ketones (excluding diaryl/α,β-unsaturated/α-hetero) is 1. The highest BCUT2D eigenvalue weighted by Crippen LogP contribution is 2.11. The van der Waals surface area contributed by atoms with Crippen LogP contribution in [0.5, 0.6) is 0 Å². The Morgan fingerprint density at radius 1 is 0.880 bits per heavy atom. The first-order chi connectivity index (χ1) is 12.0. The molecule has 1 atom stereocenters. The SMILES string of the molecule is CCCCCCCCCCCCC(=O)CC(=O)N[C@@H](CCO)C(=O)O. The van der Waals surface area contributed by atoms with Gasteiger partial charge < -0.3 is 15.5 Å². The lowest BCUT2D eigenvalue weighted by Crippen LogP contribution is -2.42. The number of amides is 1. The molecular weight excluding hydrogens is 322 g/mol. The van der Waals surface area contributed by atoms with Crippen LogP contribution in [0.2, 0.25) is 0 Å². The smallest absolute Gasteiger partial charge is 0.326 e. The summed E-state index contributed by atoms with van der Waals surface area (Å²) in [6.07, 6.45) is 11.9. The van der Waals surface area contributed by atoms with Crippen molar-refractivity contribution in [3.63, 3.8) is 0 Å². The maximum absolute atomic E-state index is 11.7. The lowest BCUT2D eigenvalue weighted by atomic mass is 10.0. The summed E-state index contributed by atoms with van der Waals surface area (Å²) in [5, 5.41) is 19.9. The van der Waals surface area contributed by atoms with Crippen LogP contribution in [0.15, 0.2) is 0 Å². The van der Waals surface area contributed by atoms with Gasteiger partial charge in [0, 0.05) is 19.4 Å². The van der Waals surface area contributed by atoms with E-state index >= 15 is 0 Å². The van der Waals surface area contributed by atoms with Crippen LogP contribution in [0.3, 0.4) is 0 Å². The molecule has 0 aliphatic rings. The molecule has 6 nitrogen and oxygen atoms in total. The van der Waals surface area contributed by atoms with Crippen molar-refractivity contribution in [1.29, 1.82) is 0 Å². The second kappa shape index (κ2) is 16.1. The van der Waals surface area contributed by atoms with Crippen molar-refractivity contribution in [2.75, 3.05) is 6.61 Å². The largest absolute Gasteiger partial charge is 0.480 e. The zero-order chi connectivity index (χ0) is 18.9. The Morgan fingerprint density at radius 2 is 1.40 bits per heavy atom. The van der Waals surface area contributed by atoms with Crippen LogP contribution < -0.4 is 5.32 Å². The molecule has 0 rings (SSSR count). The number of nitrogens with one attached hydrogen (secondary N) is 1. The molecule has 0 radical (unpaired) electrons. The highest BCUT2D eigenvalue weighted by molar-refractivity contribution is 5.99. The van der Waals surface area contributed by atoms with E-state index in [0.29, 0.717) is 6.42 Å². The third kappa shape index (κ3) is 14.6. The monoisotopic (exact) mass is 357 g/mol. The van der Waals surface area contributed by atoms with Gasteiger partial charge in [0.1, 0.15) is 11.8 Å². The Hall–Kier alpha value is -1.43. The van der Waals surface area contributed by atoms with Gasteiger partial charge in [-0.3, -0.25) is 9.59 Å². The first-order valence-corrected chi connectivity index (χ1v) is 9.66. The number of rotatable bonds is 17. The van der Waals surface area contributed by atoms with Crippen LogP contribution in [0, 0.1) is 0 Å². The van der Waals surface area contributed by atoms with Crippen LogP contribution >= 0.6 is 0 Å². The van der Waals surface area contributed by atoms with E-state index in [0.717, 1.165) is 19.3 Å². The predicted octanol–water partition coefficient (Wildman–Crippen LogP) is 3.21. The molecule has 3 N–H and O–H groups in total. The van der Waals surface area contributed by atoms with E-state index in [4.69, 9.17) is 10.2 Å². The van der Waals surface area contributed by atoms with E-state index in [1.165, 1.54) is 44.9 Å². The molecular formula is C19H35NO5.